The van der Waals surface area contributed by atoms with Crippen LogP contribution < -0.4 is 10.6 Å². The van der Waals surface area contributed by atoms with Crippen molar-refractivity contribution in [2.75, 3.05) is 5.32 Å². The Bertz CT molecular complexity index is 526. The summed E-state index contributed by atoms with van der Waals surface area (Å²) in [4.78, 5) is 22.2. The van der Waals surface area contributed by atoms with Gasteiger partial charge in [0.25, 0.3) is 0 Å². The third-order valence-electron chi connectivity index (χ3n) is 3.27. The second-order valence-corrected chi connectivity index (χ2v) is 5.54. The summed E-state index contributed by atoms with van der Waals surface area (Å²) in [7, 11) is 0. The first-order valence-corrected chi connectivity index (χ1v) is 6.83. The van der Waals surface area contributed by atoms with Gasteiger partial charge in [0.05, 0.1) is 12.8 Å². The quantitative estimate of drug-likeness (QED) is 0.737. The van der Waals surface area contributed by atoms with E-state index < -0.39 is 5.97 Å². The Kier molecular flexibility index (Phi) is 4.39. The van der Waals surface area contributed by atoms with Crippen LogP contribution in [0.2, 0.25) is 0 Å². The highest BCUT2D eigenvalue weighted by molar-refractivity contribution is 5.99. The summed E-state index contributed by atoms with van der Waals surface area (Å²) >= 11 is 0. The molecule has 5 heteroatoms. The SMILES string of the molecule is CC(C)NC(CC(=O)O)Cc1ccc2c(c1)CC(=O)N2. The first-order valence-electron chi connectivity index (χ1n) is 6.83. The van der Waals surface area contributed by atoms with Crippen molar-refractivity contribution in [2.24, 2.45) is 0 Å². The van der Waals surface area contributed by atoms with Crippen molar-refractivity contribution in [1.29, 1.82) is 0 Å². The Labute approximate surface area is 118 Å². The van der Waals surface area contributed by atoms with E-state index in [2.05, 4.69) is 10.6 Å². The highest BCUT2D eigenvalue weighted by Crippen LogP contribution is 2.24. The Morgan fingerprint density at radius 1 is 1.45 bits per heavy atom. The predicted octanol–water partition coefficient (Wildman–Crippen LogP) is 1.56. The number of carbonyl (C=O) groups is 2. The van der Waals surface area contributed by atoms with Crippen molar-refractivity contribution in [2.45, 2.75) is 45.2 Å². The maximum absolute atomic E-state index is 11.3. The number of anilines is 1. The van der Waals surface area contributed by atoms with Crippen LogP contribution in [0, 0.1) is 0 Å². The number of rotatable bonds is 6. The highest BCUT2D eigenvalue weighted by Gasteiger charge is 2.19. The predicted molar refractivity (Wildman–Crippen MR) is 76.8 cm³/mol. The zero-order valence-electron chi connectivity index (χ0n) is 11.8. The Hall–Kier alpha value is -1.88. The number of aliphatic carboxylic acids is 1. The lowest BCUT2D eigenvalue weighted by atomic mass is 9.99. The van der Waals surface area contributed by atoms with E-state index in [9.17, 15) is 9.59 Å². The number of hydrogen-bond acceptors (Lipinski definition) is 3. The molecule has 1 aromatic rings. The Balaban J connectivity index is 2.08. The van der Waals surface area contributed by atoms with Crippen LogP contribution in [0.15, 0.2) is 18.2 Å². The molecule has 0 fully saturated rings. The van der Waals surface area contributed by atoms with Gasteiger partial charge in [-0.25, -0.2) is 0 Å². The summed E-state index contributed by atoms with van der Waals surface area (Å²) in [5, 5.41) is 15.0. The largest absolute Gasteiger partial charge is 0.481 e. The Morgan fingerprint density at radius 3 is 2.85 bits per heavy atom. The lowest BCUT2D eigenvalue weighted by Gasteiger charge is -2.20. The van der Waals surface area contributed by atoms with Crippen molar-refractivity contribution in [3.05, 3.63) is 29.3 Å². The molecule has 0 saturated heterocycles. The number of amides is 1. The summed E-state index contributed by atoms with van der Waals surface area (Å²) in [6, 6.07) is 5.96. The van der Waals surface area contributed by atoms with Gasteiger partial charge in [-0.3, -0.25) is 9.59 Å². The van der Waals surface area contributed by atoms with E-state index in [1.807, 2.05) is 32.0 Å². The van der Waals surface area contributed by atoms with E-state index in [1.165, 1.54) is 0 Å². The molecule has 3 N–H and O–H groups in total. The van der Waals surface area contributed by atoms with Crippen LogP contribution in [-0.4, -0.2) is 29.1 Å². The minimum atomic E-state index is -0.804. The Morgan fingerprint density at radius 2 is 2.20 bits per heavy atom. The van der Waals surface area contributed by atoms with Crippen LogP contribution in [-0.2, 0) is 22.4 Å². The molecule has 2 rings (SSSR count). The molecule has 1 amide bonds. The number of hydrogen-bond donors (Lipinski definition) is 3. The lowest BCUT2D eigenvalue weighted by Crippen LogP contribution is -2.38. The van der Waals surface area contributed by atoms with E-state index in [0.29, 0.717) is 12.8 Å². The normalized spacial score (nSPS) is 15.1. The smallest absolute Gasteiger partial charge is 0.304 e. The number of carbonyl (C=O) groups excluding carboxylic acids is 1. The van der Waals surface area contributed by atoms with Gasteiger partial charge >= 0.3 is 5.97 Å². The molecule has 0 radical (unpaired) electrons. The van der Waals surface area contributed by atoms with Crippen LogP contribution in [0.4, 0.5) is 5.69 Å². The van der Waals surface area contributed by atoms with Crippen LogP contribution in [0.5, 0.6) is 0 Å². The lowest BCUT2D eigenvalue weighted by molar-refractivity contribution is -0.137. The van der Waals surface area contributed by atoms with Gasteiger partial charge < -0.3 is 15.7 Å². The molecule has 0 aliphatic carbocycles. The molecule has 20 heavy (non-hydrogen) atoms. The summed E-state index contributed by atoms with van der Waals surface area (Å²) in [5.74, 6) is -0.791. The van der Waals surface area contributed by atoms with E-state index in [1.54, 1.807) is 0 Å². The van der Waals surface area contributed by atoms with Crippen LogP contribution >= 0.6 is 0 Å². The van der Waals surface area contributed by atoms with E-state index in [-0.39, 0.29) is 24.4 Å². The average Bonchev–Trinajstić information content (AvgIpc) is 2.66. The third kappa shape index (κ3) is 3.81. The highest BCUT2D eigenvalue weighted by atomic mass is 16.4. The number of carboxylic acid groups (broad SMARTS) is 1. The summed E-state index contributed by atoms with van der Waals surface area (Å²) < 4.78 is 0. The second-order valence-electron chi connectivity index (χ2n) is 5.54. The molecule has 5 nitrogen and oxygen atoms in total. The minimum Gasteiger partial charge on any atom is -0.481 e. The monoisotopic (exact) mass is 276 g/mol. The number of nitrogens with one attached hydrogen (secondary N) is 2. The molecule has 1 aromatic carbocycles. The third-order valence-corrected chi connectivity index (χ3v) is 3.27. The maximum Gasteiger partial charge on any atom is 0.304 e. The molecule has 1 aliphatic heterocycles. The maximum atomic E-state index is 11.3. The van der Waals surface area contributed by atoms with Gasteiger partial charge in [-0.2, -0.15) is 0 Å². The molecule has 1 atom stereocenters. The number of fused-ring (bicyclic) bond motifs is 1. The molecular formula is C15H20N2O3. The van der Waals surface area contributed by atoms with Crippen molar-refractivity contribution in [3.8, 4) is 0 Å². The van der Waals surface area contributed by atoms with Gasteiger partial charge in [0.2, 0.25) is 5.91 Å². The number of carboxylic acids is 1. The molecular weight excluding hydrogens is 256 g/mol. The molecule has 0 aromatic heterocycles. The average molecular weight is 276 g/mol. The molecule has 1 aliphatic rings. The first kappa shape index (κ1) is 14.5. The van der Waals surface area contributed by atoms with E-state index in [0.717, 1.165) is 16.8 Å². The molecule has 0 bridgehead atoms. The molecule has 1 heterocycles. The fourth-order valence-electron chi connectivity index (χ4n) is 2.57. The second kappa shape index (κ2) is 6.05. The zero-order valence-corrected chi connectivity index (χ0v) is 11.8. The fourth-order valence-corrected chi connectivity index (χ4v) is 2.57. The van der Waals surface area contributed by atoms with Crippen molar-refractivity contribution in [3.63, 3.8) is 0 Å². The zero-order chi connectivity index (χ0) is 14.7. The van der Waals surface area contributed by atoms with Crippen molar-refractivity contribution < 1.29 is 14.7 Å². The van der Waals surface area contributed by atoms with Gasteiger partial charge in [-0.1, -0.05) is 26.0 Å². The molecule has 108 valence electrons. The fraction of sp³-hybridized carbons (Fsp3) is 0.467. The van der Waals surface area contributed by atoms with Crippen molar-refractivity contribution >= 4 is 17.6 Å². The topological polar surface area (TPSA) is 78.4 Å². The summed E-state index contributed by atoms with van der Waals surface area (Å²) in [5.41, 5.74) is 2.91. The molecule has 1 unspecified atom stereocenters. The van der Waals surface area contributed by atoms with Crippen LogP contribution in [0.25, 0.3) is 0 Å². The summed E-state index contributed by atoms with van der Waals surface area (Å²) in [6.07, 6.45) is 1.14. The summed E-state index contributed by atoms with van der Waals surface area (Å²) in [6.45, 7) is 4.00. The minimum absolute atomic E-state index is 0.0135. The van der Waals surface area contributed by atoms with Gasteiger partial charge in [0.15, 0.2) is 0 Å². The first-order chi connectivity index (χ1) is 9.44. The van der Waals surface area contributed by atoms with Crippen molar-refractivity contribution in [1.82, 2.24) is 5.32 Å². The van der Waals surface area contributed by atoms with Crippen LogP contribution in [0.1, 0.15) is 31.4 Å². The standard InChI is InChI=1S/C15H20N2O3/c1-9(2)16-12(8-15(19)20)6-10-3-4-13-11(5-10)7-14(18)17-13/h3-5,9,12,16H,6-8H2,1-2H3,(H,17,18)(H,19,20). The molecule has 0 spiro atoms. The van der Waals surface area contributed by atoms with Gasteiger partial charge in [-0.15, -0.1) is 0 Å². The van der Waals surface area contributed by atoms with Gasteiger partial charge in [0.1, 0.15) is 0 Å². The molecule has 0 saturated carbocycles. The van der Waals surface area contributed by atoms with Gasteiger partial charge in [-0.05, 0) is 23.6 Å². The van der Waals surface area contributed by atoms with Gasteiger partial charge in [0, 0.05) is 17.8 Å². The number of benzene rings is 1. The van der Waals surface area contributed by atoms with E-state index in [4.69, 9.17) is 5.11 Å². The van der Waals surface area contributed by atoms with E-state index >= 15 is 0 Å². The van der Waals surface area contributed by atoms with Crippen LogP contribution in [0.3, 0.4) is 0 Å².